The number of aromatic nitrogens is 1. The maximum absolute atomic E-state index is 12.9. The van der Waals surface area contributed by atoms with E-state index < -0.39 is 0 Å². The van der Waals surface area contributed by atoms with Crippen LogP contribution in [0.1, 0.15) is 24.0 Å². The molecule has 0 aliphatic carbocycles. The molecule has 0 radical (unpaired) electrons. The summed E-state index contributed by atoms with van der Waals surface area (Å²) in [7, 11) is 0. The summed E-state index contributed by atoms with van der Waals surface area (Å²) in [5.74, 6) is 1.33. The van der Waals surface area contributed by atoms with E-state index in [1.54, 1.807) is 6.07 Å². The number of nitrogens with one attached hydrogen (secondary N) is 2. The Morgan fingerprint density at radius 1 is 1.16 bits per heavy atom. The van der Waals surface area contributed by atoms with Crippen LogP contribution in [-0.2, 0) is 17.8 Å². The number of pyridine rings is 1. The number of hydrogen-bond acceptors (Lipinski definition) is 5. The second-order valence-electron chi connectivity index (χ2n) is 8.08. The van der Waals surface area contributed by atoms with Gasteiger partial charge in [-0.15, -0.1) is 0 Å². The van der Waals surface area contributed by atoms with Gasteiger partial charge in [0.05, 0.1) is 18.2 Å². The molecule has 3 aromatic rings. The molecule has 32 heavy (non-hydrogen) atoms. The normalized spacial score (nSPS) is 16.9. The van der Waals surface area contributed by atoms with Crippen molar-refractivity contribution in [3.05, 3.63) is 70.0 Å². The van der Waals surface area contributed by atoms with Crippen LogP contribution in [0.15, 0.2) is 53.3 Å². The summed E-state index contributed by atoms with van der Waals surface area (Å²) in [6.45, 7) is 2.62. The fourth-order valence-electron chi connectivity index (χ4n) is 4.10. The van der Waals surface area contributed by atoms with Crippen LogP contribution in [0, 0.1) is 0 Å². The zero-order valence-electron chi connectivity index (χ0n) is 17.6. The number of benzene rings is 2. The number of H-pyrrole nitrogens is 1. The van der Waals surface area contributed by atoms with Crippen LogP contribution >= 0.6 is 12.2 Å². The highest BCUT2D eigenvalue weighted by Gasteiger charge is 2.22. The smallest absolute Gasteiger partial charge is 0.253 e. The number of fused-ring (bicyclic) bond motifs is 2. The van der Waals surface area contributed by atoms with Crippen LogP contribution in [0.2, 0.25) is 0 Å². The molecule has 1 unspecified atom stereocenters. The minimum atomic E-state index is -0.139. The number of thiocarbonyl (C=S) groups is 1. The van der Waals surface area contributed by atoms with Gasteiger partial charge in [-0.2, -0.15) is 0 Å². The van der Waals surface area contributed by atoms with Crippen LogP contribution < -0.4 is 20.3 Å². The van der Waals surface area contributed by atoms with E-state index in [0.29, 0.717) is 41.8 Å². The van der Waals surface area contributed by atoms with Gasteiger partial charge in [-0.25, -0.2) is 0 Å². The zero-order valence-corrected chi connectivity index (χ0v) is 18.5. The third-order valence-corrected chi connectivity index (χ3v) is 6.20. The van der Waals surface area contributed by atoms with Crippen LogP contribution in [0.3, 0.4) is 0 Å². The summed E-state index contributed by atoms with van der Waals surface area (Å²) in [6, 6.07) is 15.7. The van der Waals surface area contributed by atoms with Crippen molar-refractivity contribution in [2.75, 3.05) is 19.9 Å². The van der Waals surface area contributed by atoms with Crippen molar-refractivity contribution in [2.45, 2.75) is 32.0 Å². The molecule has 1 atom stereocenters. The van der Waals surface area contributed by atoms with Crippen molar-refractivity contribution in [2.24, 2.45) is 0 Å². The average Bonchev–Trinajstić information content (AvgIpc) is 3.48. The van der Waals surface area contributed by atoms with E-state index in [0.717, 1.165) is 35.9 Å². The quantitative estimate of drug-likeness (QED) is 0.557. The van der Waals surface area contributed by atoms with Crippen LogP contribution in [-0.4, -0.2) is 41.0 Å². The SMILES string of the molecule is O=c1[nH]c2cc3c(cc2cc1CN(CC1CCCO1)C(=S)NCc1ccccc1)OCO3. The second kappa shape index (κ2) is 9.18. The Balaban J connectivity index is 1.37. The van der Waals surface area contributed by atoms with E-state index in [2.05, 4.69) is 22.4 Å². The Labute approximate surface area is 191 Å². The maximum atomic E-state index is 12.9. The maximum Gasteiger partial charge on any atom is 0.253 e. The number of ether oxygens (including phenoxy) is 3. The zero-order chi connectivity index (χ0) is 21.9. The van der Waals surface area contributed by atoms with Gasteiger partial charge in [-0.05, 0) is 42.8 Å². The van der Waals surface area contributed by atoms with Crippen molar-refractivity contribution in [3.8, 4) is 11.5 Å². The predicted molar refractivity (Wildman–Crippen MR) is 126 cm³/mol. The summed E-state index contributed by atoms with van der Waals surface area (Å²) >= 11 is 5.72. The highest BCUT2D eigenvalue weighted by molar-refractivity contribution is 7.80. The van der Waals surface area contributed by atoms with Crippen LogP contribution in [0.25, 0.3) is 10.9 Å². The van der Waals surface area contributed by atoms with Crippen molar-refractivity contribution < 1.29 is 14.2 Å². The average molecular weight is 452 g/mol. The summed E-state index contributed by atoms with van der Waals surface area (Å²) in [6.07, 6.45) is 2.15. The summed E-state index contributed by atoms with van der Waals surface area (Å²) in [4.78, 5) is 17.9. The minimum Gasteiger partial charge on any atom is -0.454 e. The first-order chi connectivity index (χ1) is 15.7. The van der Waals surface area contributed by atoms with Crippen LogP contribution in [0.5, 0.6) is 11.5 Å². The second-order valence-corrected chi connectivity index (χ2v) is 8.46. The summed E-state index contributed by atoms with van der Waals surface area (Å²) in [5.41, 5.74) is 2.36. The number of hydrogen-bond donors (Lipinski definition) is 2. The van der Waals surface area contributed by atoms with E-state index in [1.165, 1.54) is 0 Å². The first-order valence-corrected chi connectivity index (χ1v) is 11.2. The fourth-order valence-corrected chi connectivity index (χ4v) is 4.31. The van der Waals surface area contributed by atoms with E-state index in [-0.39, 0.29) is 18.5 Å². The first kappa shape index (κ1) is 20.8. The topological polar surface area (TPSA) is 75.8 Å². The van der Waals surface area contributed by atoms with Gasteiger partial charge in [0.15, 0.2) is 16.6 Å². The molecule has 2 aromatic carbocycles. The largest absolute Gasteiger partial charge is 0.454 e. The molecule has 0 spiro atoms. The van der Waals surface area contributed by atoms with Crippen LogP contribution in [0.4, 0.5) is 0 Å². The molecule has 1 fully saturated rings. The molecule has 166 valence electrons. The summed E-state index contributed by atoms with van der Waals surface area (Å²) in [5, 5.41) is 4.84. The molecule has 1 aromatic heterocycles. The highest BCUT2D eigenvalue weighted by Crippen LogP contribution is 2.35. The van der Waals surface area contributed by atoms with Gasteiger partial charge in [-0.3, -0.25) is 4.79 Å². The van der Waals surface area contributed by atoms with Crippen molar-refractivity contribution in [1.29, 1.82) is 0 Å². The molecule has 2 aliphatic heterocycles. The van der Waals surface area contributed by atoms with E-state index >= 15 is 0 Å². The molecule has 0 amide bonds. The fraction of sp³-hybridized carbons (Fsp3) is 0.333. The molecule has 8 heteroatoms. The molecule has 2 aliphatic rings. The van der Waals surface area contributed by atoms with E-state index in [4.69, 9.17) is 26.4 Å². The number of nitrogens with zero attached hydrogens (tertiary/aromatic N) is 1. The molecular weight excluding hydrogens is 426 g/mol. The predicted octanol–water partition coefficient (Wildman–Crippen LogP) is 3.31. The van der Waals surface area contributed by atoms with Gasteiger partial charge in [0.25, 0.3) is 5.56 Å². The number of rotatable bonds is 6. The highest BCUT2D eigenvalue weighted by atomic mass is 32.1. The minimum absolute atomic E-state index is 0.111. The van der Waals surface area contributed by atoms with E-state index in [1.807, 2.05) is 35.2 Å². The lowest BCUT2D eigenvalue weighted by Gasteiger charge is -2.28. The Morgan fingerprint density at radius 2 is 1.97 bits per heavy atom. The Morgan fingerprint density at radius 3 is 2.75 bits per heavy atom. The molecule has 1 saturated heterocycles. The Hall–Kier alpha value is -3.10. The molecule has 7 nitrogen and oxygen atoms in total. The van der Waals surface area contributed by atoms with Gasteiger partial charge < -0.3 is 29.4 Å². The summed E-state index contributed by atoms with van der Waals surface area (Å²) < 4.78 is 16.7. The molecule has 0 saturated carbocycles. The number of aromatic amines is 1. The lowest BCUT2D eigenvalue weighted by molar-refractivity contribution is 0.0896. The van der Waals surface area contributed by atoms with Gasteiger partial charge in [0.2, 0.25) is 6.79 Å². The monoisotopic (exact) mass is 451 g/mol. The van der Waals surface area contributed by atoms with E-state index in [9.17, 15) is 4.79 Å². The third-order valence-electron chi connectivity index (χ3n) is 5.80. The Bertz CT molecular complexity index is 1180. The molecule has 2 N–H and O–H groups in total. The molecular formula is C24H25N3O4S. The van der Waals surface area contributed by atoms with Crippen molar-refractivity contribution in [3.63, 3.8) is 0 Å². The molecule has 0 bridgehead atoms. The van der Waals surface area contributed by atoms with Gasteiger partial charge in [-0.1, -0.05) is 30.3 Å². The lowest BCUT2D eigenvalue weighted by Crippen LogP contribution is -2.43. The van der Waals surface area contributed by atoms with Crippen molar-refractivity contribution >= 4 is 28.2 Å². The third kappa shape index (κ3) is 4.56. The van der Waals surface area contributed by atoms with Gasteiger partial charge >= 0.3 is 0 Å². The van der Waals surface area contributed by atoms with Crippen molar-refractivity contribution in [1.82, 2.24) is 15.2 Å². The Kier molecular flexibility index (Phi) is 5.96. The first-order valence-electron chi connectivity index (χ1n) is 10.8. The van der Waals surface area contributed by atoms with Gasteiger partial charge in [0.1, 0.15) is 0 Å². The lowest BCUT2D eigenvalue weighted by atomic mass is 10.1. The van der Waals surface area contributed by atoms with Gasteiger partial charge in [0, 0.05) is 36.7 Å². The standard InChI is InChI=1S/C24H25N3O4S/c28-23-18(9-17-10-21-22(31-15-30-21)11-20(17)26-23)13-27(14-19-7-4-8-29-19)24(32)25-12-16-5-2-1-3-6-16/h1-3,5-6,9-11,19H,4,7-8,12-15H2,(H,25,32)(H,26,28). The molecule has 5 rings (SSSR count). The molecule has 3 heterocycles.